The summed E-state index contributed by atoms with van der Waals surface area (Å²) in [6, 6.07) is 0.527. The second kappa shape index (κ2) is 7.28. The minimum Gasteiger partial charge on any atom is -0.339 e. The largest absolute Gasteiger partial charge is 0.339 e. The van der Waals surface area contributed by atoms with Crippen LogP contribution in [-0.2, 0) is 4.79 Å². The van der Waals surface area contributed by atoms with E-state index in [0.717, 1.165) is 25.3 Å². The zero-order chi connectivity index (χ0) is 13.7. The molecule has 2 atom stereocenters. The number of hydrogen-bond acceptors (Lipinski definition) is 2. The Bertz CT molecular complexity index is 286. The lowest BCUT2D eigenvalue weighted by Gasteiger charge is -2.35. The molecule has 3 heteroatoms. The van der Waals surface area contributed by atoms with Crippen molar-refractivity contribution in [3.63, 3.8) is 0 Å². The van der Waals surface area contributed by atoms with E-state index in [9.17, 15) is 4.79 Å². The van der Waals surface area contributed by atoms with Gasteiger partial charge >= 0.3 is 0 Å². The van der Waals surface area contributed by atoms with Crippen molar-refractivity contribution in [2.45, 2.75) is 70.8 Å². The van der Waals surface area contributed by atoms with Crippen LogP contribution in [0.15, 0.2) is 0 Å². The number of rotatable bonds is 5. The molecule has 2 N–H and O–H groups in total. The van der Waals surface area contributed by atoms with Gasteiger partial charge < -0.3 is 10.6 Å². The molecule has 0 aromatic rings. The summed E-state index contributed by atoms with van der Waals surface area (Å²) in [4.78, 5) is 14.9. The van der Waals surface area contributed by atoms with Crippen LogP contribution >= 0.6 is 0 Å². The lowest BCUT2D eigenvalue weighted by Crippen LogP contribution is -2.45. The Kier molecular flexibility index (Phi) is 5.68. The van der Waals surface area contributed by atoms with Gasteiger partial charge in [0.05, 0.1) is 5.92 Å². The van der Waals surface area contributed by atoms with Crippen LogP contribution in [0.4, 0.5) is 0 Å². The van der Waals surface area contributed by atoms with Gasteiger partial charge in [0, 0.05) is 19.1 Å². The summed E-state index contributed by atoms with van der Waals surface area (Å²) < 4.78 is 0. The molecule has 110 valence electrons. The highest BCUT2D eigenvalue weighted by molar-refractivity contribution is 5.79. The Morgan fingerprint density at radius 1 is 1.21 bits per heavy atom. The van der Waals surface area contributed by atoms with E-state index in [0.29, 0.717) is 18.5 Å². The van der Waals surface area contributed by atoms with Crippen molar-refractivity contribution in [1.82, 2.24) is 4.90 Å². The molecular weight excluding hydrogens is 236 g/mol. The summed E-state index contributed by atoms with van der Waals surface area (Å²) in [7, 11) is 0. The third-order valence-electron chi connectivity index (χ3n) is 5.05. The van der Waals surface area contributed by atoms with Crippen LogP contribution in [-0.4, -0.2) is 29.9 Å². The van der Waals surface area contributed by atoms with Gasteiger partial charge in [-0.25, -0.2) is 0 Å². The Labute approximate surface area is 117 Å². The zero-order valence-electron chi connectivity index (χ0n) is 12.4. The number of carbonyl (C=O) groups excluding carboxylic acids is 1. The fourth-order valence-corrected chi connectivity index (χ4v) is 4.00. The van der Waals surface area contributed by atoms with Gasteiger partial charge in [-0.2, -0.15) is 0 Å². The van der Waals surface area contributed by atoms with E-state index in [2.05, 4.69) is 11.8 Å². The van der Waals surface area contributed by atoms with E-state index < -0.39 is 0 Å². The van der Waals surface area contributed by atoms with Crippen molar-refractivity contribution in [2.75, 3.05) is 13.1 Å². The molecule has 0 aromatic carbocycles. The van der Waals surface area contributed by atoms with Crippen molar-refractivity contribution in [3.8, 4) is 0 Å². The van der Waals surface area contributed by atoms with Crippen molar-refractivity contribution in [3.05, 3.63) is 0 Å². The standard InChI is InChI=1S/C16H30N2O/c1-2-7-14(12-17)16(19)18-11-6-10-15(18)13-8-4-3-5-9-13/h13-15H,2-12,17H2,1H3. The first-order chi connectivity index (χ1) is 9.27. The molecule has 0 bridgehead atoms. The van der Waals surface area contributed by atoms with E-state index in [1.165, 1.54) is 44.9 Å². The van der Waals surface area contributed by atoms with Gasteiger partial charge in [-0.1, -0.05) is 32.6 Å². The summed E-state index contributed by atoms with van der Waals surface area (Å²) in [5, 5.41) is 0. The second-order valence-corrected chi connectivity index (χ2v) is 6.36. The van der Waals surface area contributed by atoms with E-state index in [4.69, 9.17) is 5.73 Å². The maximum Gasteiger partial charge on any atom is 0.227 e. The lowest BCUT2D eigenvalue weighted by molar-refractivity contribution is -0.137. The molecular formula is C16H30N2O. The summed E-state index contributed by atoms with van der Waals surface area (Å²) in [6.07, 6.45) is 11.2. The van der Waals surface area contributed by atoms with Gasteiger partial charge in [-0.3, -0.25) is 4.79 Å². The smallest absolute Gasteiger partial charge is 0.227 e. The molecule has 2 rings (SSSR count). The van der Waals surface area contributed by atoms with Gasteiger partial charge in [-0.15, -0.1) is 0 Å². The summed E-state index contributed by atoms with van der Waals surface area (Å²) in [5.41, 5.74) is 5.80. The highest BCUT2D eigenvalue weighted by Crippen LogP contribution is 2.35. The van der Waals surface area contributed by atoms with Crippen molar-refractivity contribution in [1.29, 1.82) is 0 Å². The minimum atomic E-state index is 0.0641. The van der Waals surface area contributed by atoms with Gasteiger partial charge in [0.2, 0.25) is 5.91 Å². The highest BCUT2D eigenvalue weighted by Gasteiger charge is 2.36. The first kappa shape index (κ1) is 14.8. The molecule has 1 aliphatic carbocycles. The normalized spacial score (nSPS) is 26.6. The molecule has 2 fully saturated rings. The average molecular weight is 266 g/mol. The average Bonchev–Trinajstić information content (AvgIpc) is 2.94. The first-order valence-electron chi connectivity index (χ1n) is 8.28. The molecule has 19 heavy (non-hydrogen) atoms. The summed E-state index contributed by atoms with van der Waals surface area (Å²) >= 11 is 0. The van der Waals surface area contributed by atoms with Gasteiger partial charge in [0.1, 0.15) is 0 Å². The predicted octanol–water partition coefficient (Wildman–Crippen LogP) is 2.93. The second-order valence-electron chi connectivity index (χ2n) is 6.36. The molecule has 0 radical (unpaired) electrons. The van der Waals surface area contributed by atoms with E-state index in [1.54, 1.807) is 0 Å². The molecule has 1 saturated heterocycles. The quantitative estimate of drug-likeness (QED) is 0.831. The van der Waals surface area contributed by atoms with Crippen LogP contribution < -0.4 is 5.73 Å². The fourth-order valence-electron chi connectivity index (χ4n) is 4.00. The first-order valence-corrected chi connectivity index (χ1v) is 8.28. The van der Waals surface area contributed by atoms with Crippen molar-refractivity contribution < 1.29 is 4.79 Å². The maximum atomic E-state index is 12.7. The molecule has 1 aliphatic heterocycles. The van der Waals surface area contributed by atoms with E-state index in [1.807, 2.05) is 0 Å². The molecule has 2 unspecified atom stereocenters. The SMILES string of the molecule is CCCC(CN)C(=O)N1CCCC1C1CCCCC1. The lowest BCUT2D eigenvalue weighted by atomic mass is 9.82. The van der Waals surface area contributed by atoms with Crippen LogP contribution in [0.1, 0.15) is 64.7 Å². The molecule has 0 spiro atoms. The van der Waals surface area contributed by atoms with Gasteiger partial charge in [0.25, 0.3) is 0 Å². The van der Waals surface area contributed by atoms with Gasteiger partial charge in [0.15, 0.2) is 0 Å². The Balaban J connectivity index is 1.98. The third kappa shape index (κ3) is 3.50. The predicted molar refractivity (Wildman–Crippen MR) is 78.8 cm³/mol. The molecule has 3 nitrogen and oxygen atoms in total. The van der Waals surface area contributed by atoms with Crippen LogP contribution in [0.3, 0.4) is 0 Å². The van der Waals surface area contributed by atoms with E-state index >= 15 is 0 Å². The monoisotopic (exact) mass is 266 g/mol. The molecule has 2 aliphatic rings. The Morgan fingerprint density at radius 3 is 2.58 bits per heavy atom. The number of hydrogen-bond donors (Lipinski definition) is 1. The molecule has 0 aromatic heterocycles. The van der Waals surface area contributed by atoms with Crippen molar-refractivity contribution >= 4 is 5.91 Å². The van der Waals surface area contributed by atoms with E-state index in [-0.39, 0.29) is 5.92 Å². The summed E-state index contributed by atoms with van der Waals surface area (Å²) in [5.74, 6) is 1.17. The fraction of sp³-hybridized carbons (Fsp3) is 0.938. The number of nitrogens with zero attached hydrogens (tertiary/aromatic N) is 1. The minimum absolute atomic E-state index is 0.0641. The maximum absolute atomic E-state index is 12.7. The third-order valence-corrected chi connectivity index (χ3v) is 5.05. The Morgan fingerprint density at radius 2 is 1.95 bits per heavy atom. The molecule has 1 saturated carbocycles. The zero-order valence-corrected chi connectivity index (χ0v) is 12.4. The summed E-state index contributed by atoms with van der Waals surface area (Å²) in [6.45, 7) is 3.62. The number of amides is 1. The number of carbonyl (C=O) groups is 1. The van der Waals surface area contributed by atoms with Crippen LogP contribution in [0.2, 0.25) is 0 Å². The molecule has 1 heterocycles. The van der Waals surface area contributed by atoms with Crippen LogP contribution in [0.5, 0.6) is 0 Å². The highest BCUT2D eigenvalue weighted by atomic mass is 16.2. The van der Waals surface area contributed by atoms with Crippen LogP contribution in [0.25, 0.3) is 0 Å². The number of nitrogens with two attached hydrogens (primary N) is 1. The van der Waals surface area contributed by atoms with Gasteiger partial charge in [-0.05, 0) is 38.0 Å². The molecule has 1 amide bonds. The number of likely N-dealkylation sites (tertiary alicyclic amines) is 1. The Hall–Kier alpha value is -0.570. The van der Waals surface area contributed by atoms with Crippen LogP contribution in [0, 0.1) is 11.8 Å². The topological polar surface area (TPSA) is 46.3 Å². The van der Waals surface area contributed by atoms with Crippen molar-refractivity contribution in [2.24, 2.45) is 17.6 Å².